The number of likely N-dealkylation sites (N-methyl/N-ethyl adjacent to an activating group) is 1. The van der Waals surface area contributed by atoms with Crippen molar-refractivity contribution in [2.24, 2.45) is 5.92 Å². The van der Waals surface area contributed by atoms with Crippen LogP contribution in [0.15, 0.2) is 24.3 Å². The summed E-state index contributed by atoms with van der Waals surface area (Å²) in [7, 11) is 1.96. The molecule has 0 bridgehead atoms. The average Bonchev–Trinajstić information content (AvgIpc) is 3.24. The minimum atomic E-state index is -0.936. The number of nitrogens with zero attached hydrogens (tertiary/aromatic N) is 2. The van der Waals surface area contributed by atoms with Gasteiger partial charge in [0.15, 0.2) is 0 Å². The minimum Gasteiger partial charge on any atom is -0.481 e. The number of carboxylic acids is 1. The molecule has 0 radical (unpaired) electrons. The maximum Gasteiger partial charge on any atom is 0.308 e. The first-order valence-corrected chi connectivity index (χ1v) is 8.92. The molecular formula is C19H25FN2O3. The molecule has 136 valence electrons. The summed E-state index contributed by atoms with van der Waals surface area (Å²) in [5.41, 5.74) is 0.645. The molecule has 1 amide bonds. The normalized spacial score (nSPS) is 24.2. The van der Waals surface area contributed by atoms with Gasteiger partial charge in [-0.15, -0.1) is 0 Å². The highest BCUT2D eigenvalue weighted by Crippen LogP contribution is 2.33. The van der Waals surface area contributed by atoms with Crippen molar-refractivity contribution in [1.82, 2.24) is 9.80 Å². The largest absolute Gasteiger partial charge is 0.481 e. The summed E-state index contributed by atoms with van der Waals surface area (Å²) in [6.45, 7) is 0.832. The Balaban J connectivity index is 1.68. The molecule has 0 spiro atoms. The topological polar surface area (TPSA) is 60.9 Å². The van der Waals surface area contributed by atoms with Gasteiger partial charge in [-0.25, -0.2) is 4.39 Å². The SMILES string of the molecule is CN(CC(=O)N1C[C@H](C(=O)O)[C@@H](c2cccc(F)c2)C1)C1CCCC1. The Morgan fingerprint density at radius 1 is 1.28 bits per heavy atom. The number of carbonyl (C=O) groups excluding carboxylic acids is 1. The summed E-state index contributed by atoms with van der Waals surface area (Å²) in [5.74, 6) is -2.42. The Morgan fingerprint density at radius 3 is 2.64 bits per heavy atom. The summed E-state index contributed by atoms with van der Waals surface area (Å²) >= 11 is 0. The van der Waals surface area contributed by atoms with Gasteiger partial charge in [-0.05, 0) is 37.6 Å². The fourth-order valence-electron chi connectivity index (χ4n) is 4.12. The van der Waals surface area contributed by atoms with Crippen molar-refractivity contribution in [2.45, 2.75) is 37.6 Å². The van der Waals surface area contributed by atoms with E-state index < -0.39 is 11.9 Å². The van der Waals surface area contributed by atoms with Crippen LogP contribution in [0.1, 0.15) is 37.2 Å². The van der Waals surface area contributed by atoms with Crippen LogP contribution in [0, 0.1) is 11.7 Å². The van der Waals surface area contributed by atoms with Crippen molar-refractivity contribution in [3.8, 4) is 0 Å². The first-order valence-electron chi connectivity index (χ1n) is 8.92. The van der Waals surface area contributed by atoms with Gasteiger partial charge in [0, 0.05) is 25.0 Å². The van der Waals surface area contributed by atoms with Gasteiger partial charge < -0.3 is 10.0 Å². The van der Waals surface area contributed by atoms with E-state index >= 15 is 0 Å². The second kappa shape index (κ2) is 7.52. The quantitative estimate of drug-likeness (QED) is 0.887. The fourth-order valence-corrected chi connectivity index (χ4v) is 4.12. The molecule has 2 atom stereocenters. The first kappa shape index (κ1) is 17.9. The number of likely N-dealkylation sites (tertiary alicyclic amines) is 1. The summed E-state index contributed by atoms with van der Waals surface area (Å²) in [6.07, 6.45) is 4.65. The van der Waals surface area contributed by atoms with Crippen molar-refractivity contribution in [1.29, 1.82) is 0 Å². The molecule has 0 aromatic heterocycles. The Bertz CT molecular complexity index is 645. The van der Waals surface area contributed by atoms with Crippen LogP contribution < -0.4 is 0 Å². The lowest BCUT2D eigenvalue weighted by Gasteiger charge is -2.26. The molecule has 1 heterocycles. The van der Waals surface area contributed by atoms with Gasteiger partial charge in [-0.1, -0.05) is 25.0 Å². The summed E-state index contributed by atoms with van der Waals surface area (Å²) < 4.78 is 13.5. The second-order valence-corrected chi connectivity index (χ2v) is 7.26. The molecule has 1 aromatic rings. The Morgan fingerprint density at radius 2 is 2.00 bits per heavy atom. The number of carbonyl (C=O) groups is 2. The van der Waals surface area contributed by atoms with Crippen LogP contribution in [0.2, 0.25) is 0 Å². The minimum absolute atomic E-state index is 0.0421. The lowest BCUT2D eigenvalue weighted by Crippen LogP contribution is -2.41. The van der Waals surface area contributed by atoms with Gasteiger partial charge in [0.1, 0.15) is 5.82 Å². The molecular weight excluding hydrogens is 323 g/mol. The number of rotatable bonds is 5. The number of benzene rings is 1. The molecule has 0 unspecified atom stereocenters. The van der Waals surface area contributed by atoms with Crippen molar-refractivity contribution in [2.75, 3.05) is 26.7 Å². The van der Waals surface area contributed by atoms with Gasteiger partial charge in [-0.2, -0.15) is 0 Å². The van der Waals surface area contributed by atoms with Crippen LogP contribution in [0.5, 0.6) is 0 Å². The standard InChI is InChI=1S/C19H25FN2O3/c1-21(15-7-2-3-8-15)12-18(23)22-10-16(17(11-22)19(24)25)13-5-4-6-14(20)9-13/h4-6,9,15-17H,2-3,7-8,10-12H2,1H3,(H,24,25)/t16-,17+/m1/s1. The van der Waals surface area contributed by atoms with E-state index in [9.17, 15) is 19.1 Å². The number of hydrogen-bond donors (Lipinski definition) is 1. The van der Waals surface area contributed by atoms with Crippen LogP contribution in [0.3, 0.4) is 0 Å². The number of halogens is 1. The zero-order valence-corrected chi connectivity index (χ0v) is 14.5. The molecule has 2 aliphatic rings. The molecule has 6 heteroatoms. The Hall–Kier alpha value is -1.95. The van der Waals surface area contributed by atoms with Gasteiger partial charge in [0.25, 0.3) is 0 Å². The molecule has 1 aliphatic carbocycles. The predicted octanol–water partition coefficient (Wildman–Crippen LogP) is 2.33. The van der Waals surface area contributed by atoms with Crippen LogP contribution in [-0.4, -0.2) is 59.5 Å². The third kappa shape index (κ3) is 4.00. The smallest absolute Gasteiger partial charge is 0.308 e. The van der Waals surface area contributed by atoms with Crippen LogP contribution in [0.25, 0.3) is 0 Å². The fraction of sp³-hybridized carbons (Fsp3) is 0.579. The molecule has 5 nitrogen and oxygen atoms in total. The molecule has 1 saturated carbocycles. The van der Waals surface area contributed by atoms with E-state index in [0.29, 0.717) is 24.7 Å². The number of hydrogen-bond acceptors (Lipinski definition) is 3. The summed E-state index contributed by atoms with van der Waals surface area (Å²) in [5, 5.41) is 9.53. The van der Waals surface area contributed by atoms with E-state index in [2.05, 4.69) is 4.90 Å². The zero-order chi connectivity index (χ0) is 18.0. The van der Waals surface area contributed by atoms with Gasteiger partial charge in [0.05, 0.1) is 12.5 Å². The van der Waals surface area contributed by atoms with E-state index in [1.54, 1.807) is 17.0 Å². The summed E-state index contributed by atoms with van der Waals surface area (Å²) in [6, 6.07) is 6.48. The van der Waals surface area contributed by atoms with Gasteiger partial charge >= 0.3 is 5.97 Å². The lowest BCUT2D eigenvalue weighted by molar-refractivity contribution is -0.141. The van der Waals surface area contributed by atoms with Crippen LogP contribution in [-0.2, 0) is 9.59 Å². The second-order valence-electron chi connectivity index (χ2n) is 7.26. The molecule has 2 fully saturated rings. The highest BCUT2D eigenvalue weighted by molar-refractivity contribution is 5.81. The van der Waals surface area contributed by atoms with E-state index in [0.717, 1.165) is 12.8 Å². The van der Waals surface area contributed by atoms with Gasteiger partial charge in [0.2, 0.25) is 5.91 Å². The third-order valence-corrected chi connectivity index (χ3v) is 5.60. The molecule has 3 rings (SSSR count). The average molecular weight is 348 g/mol. The molecule has 1 N–H and O–H groups in total. The van der Waals surface area contributed by atoms with Gasteiger partial charge in [-0.3, -0.25) is 14.5 Å². The van der Waals surface area contributed by atoms with E-state index in [-0.39, 0.29) is 24.2 Å². The number of carboxylic acid groups (broad SMARTS) is 1. The van der Waals surface area contributed by atoms with Crippen LogP contribution >= 0.6 is 0 Å². The predicted molar refractivity (Wildman–Crippen MR) is 91.7 cm³/mol. The van der Waals surface area contributed by atoms with Crippen molar-refractivity contribution < 1.29 is 19.1 Å². The highest BCUT2D eigenvalue weighted by atomic mass is 19.1. The lowest BCUT2D eigenvalue weighted by atomic mass is 9.89. The van der Waals surface area contributed by atoms with Crippen molar-refractivity contribution in [3.05, 3.63) is 35.6 Å². The van der Waals surface area contributed by atoms with Crippen molar-refractivity contribution in [3.63, 3.8) is 0 Å². The maximum atomic E-state index is 13.5. The Labute approximate surface area is 147 Å². The van der Waals surface area contributed by atoms with Crippen molar-refractivity contribution >= 4 is 11.9 Å². The number of amides is 1. The maximum absolute atomic E-state index is 13.5. The van der Waals surface area contributed by atoms with Crippen LogP contribution in [0.4, 0.5) is 4.39 Å². The monoisotopic (exact) mass is 348 g/mol. The first-order chi connectivity index (χ1) is 12.0. The number of aliphatic carboxylic acids is 1. The zero-order valence-electron chi connectivity index (χ0n) is 14.5. The highest BCUT2D eigenvalue weighted by Gasteiger charge is 2.40. The summed E-state index contributed by atoms with van der Waals surface area (Å²) in [4.78, 5) is 28.0. The molecule has 25 heavy (non-hydrogen) atoms. The molecule has 1 saturated heterocycles. The van der Waals surface area contributed by atoms with E-state index in [1.807, 2.05) is 7.05 Å². The Kier molecular flexibility index (Phi) is 5.37. The van der Waals surface area contributed by atoms with E-state index in [1.165, 1.54) is 25.0 Å². The molecule has 1 aromatic carbocycles. The molecule has 1 aliphatic heterocycles. The third-order valence-electron chi connectivity index (χ3n) is 5.60. The van der Waals surface area contributed by atoms with E-state index in [4.69, 9.17) is 0 Å².